The summed E-state index contributed by atoms with van der Waals surface area (Å²) in [5.41, 5.74) is 1.11. The number of fused-ring (bicyclic) bond motifs is 1. The molecule has 0 N–H and O–H groups in total. The third-order valence-corrected chi connectivity index (χ3v) is 8.37. The summed E-state index contributed by atoms with van der Waals surface area (Å²) < 4.78 is 23.9. The molecule has 7 heteroatoms. The van der Waals surface area contributed by atoms with Crippen LogP contribution in [0.1, 0.15) is 62.7 Å². The minimum Gasteiger partial charge on any atom is -0.494 e. The maximum atomic E-state index is 13.0. The Bertz CT molecular complexity index is 793. The fourth-order valence-corrected chi connectivity index (χ4v) is 6.78. The molecule has 3 fully saturated rings. The summed E-state index contributed by atoms with van der Waals surface area (Å²) in [7, 11) is 0. The predicted molar refractivity (Wildman–Crippen MR) is 120 cm³/mol. The van der Waals surface area contributed by atoms with Crippen LogP contribution in [0.2, 0.25) is 0 Å². The van der Waals surface area contributed by atoms with E-state index in [0.717, 1.165) is 43.6 Å². The molecular weight excluding hydrogens is 414 g/mol. The van der Waals surface area contributed by atoms with Crippen LogP contribution < -0.4 is 9.47 Å². The van der Waals surface area contributed by atoms with Gasteiger partial charge in [-0.15, -0.1) is 11.8 Å². The second-order valence-corrected chi connectivity index (χ2v) is 10.3. The van der Waals surface area contributed by atoms with E-state index in [0.29, 0.717) is 38.7 Å². The largest absolute Gasteiger partial charge is 0.494 e. The number of hydrogen-bond acceptors (Lipinski definition) is 6. The van der Waals surface area contributed by atoms with Crippen LogP contribution in [0.3, 0.4) is 0 Å². The monoisotopic (exact) mass is 447 g/mol. The Morgan fingerprint density at radius 2 is 1.90 bits per heavy atom. The van der Waals surface area contributed by atoms with Crippen molar-refractivity contribution in [2.75, 3.05) is 38.7 Å². The smallest absolute Gasteiger partial charge is 0.232 e. The lowest BCUT2D eigenvalue weighted by atomic mass is 9.89. The van der Waals surface area contributed by atoms with Gasteiger partial charge < -0.3 is 23.8 Å². The van der Waals surface area contributed by atoms with Gasteiger partial charge in [-0.2, -0.15) is 0 Å². The zero-order chi connectivity index (χ0) is 21.3. The first kappa shape index (κ1) is 21.4. The molecule has 0 unspecified atom stereocenters. The Hall–Kier alpha value is -1.44. The lowest BCUT2D eigenvalue weighted by Crippen LogP contribution is -2.47. The lowest BCUT2D eigenvalue weighted by Gasteiger charge is -2.40. The van der Waals surface area contributed by atoms with Gasteiger partial charge in [0.1, 0.15) is 17.1 Å². The highest BCUT2D eigenvalue weighted by Crippen LogP contribution is 2.52. The van der Waals surface area contributed by atoms with Crippen molar-refractivity contribution in [2.24, 2.45) is 0 Å². The first-order chi connectivity index (χ1) is 15.1. The molecule has 3 aliphatic heterocycles. The van der Waals surface area contributed by atoms with Crippen LogP contribution in [0.4, 0.5) is 0 Å². The van der Waals surface area contributed by atoms with Crippen LogP contribution in [0.25, 0.3) is 0 Å². The molecule has 0 bridgehead atoms. The lowest BCUT2D eigenvalue weighted by molar-refractivity contribution is -0.186. The number of rotatable bonds is 5. The molecule has 3 heterocycles. The Kier molecular flexibility index (Phi) is 6.10. The van der Waals surface area contributed by atoms with Gasteiger partial charge in [0.25, 0.3) is 0 Å². The van der Waals surface area contributed by atoms with E-state index >= 15 is 0 Å². The van der Waals surface area contributed by atoms with Gasteiger partial charge in [-0.3, -0.25) is 4.79 Å². The van der Waals surface area contributed by atoms with Gasteiger partial charge in [0.15, 0.2) is 5.79 Å². The number of likely N-dealkylation sites (tertiary alicyclic amines) is 1. The molecule has 1 aromatic rings. The summed E-state index contributed by atoms with van der Waals surface area (Å²) in [6, 6.07) is 6.17. The molecule has 6 nitrogen and oxygen atoms in total. The number of ether oxygens (including phenoxy) is 4. The number of carbonyl (C=O) groups is 1. The van der Waals surface area contributed by atoms with Gasteiger partial charge >= 0.3 is 0 Å². The maximum absolute atomic E-state index is 13.0. The minimum absolute atomic E-state index is 0.0600. The standard InChI is InChI=1S/C24H33NO5S/c1-2-27-18-5-6-20-19(15-18)21(16-23(30-20)7-3-4-8-23)31-17-22(26)25-11-9-24(10-12-25)28-13-14-29-24/h5-6,15,21H,2-4,7-14,16-17H2,1H3/t21-/m0/s1. The number of amides is 1. The van der Waals surface area contributed by atoms with Crippen LogP contribution in [-0.4, -0.2) is 60.9 Å². The summed E-state index contributed by atoms with van der Waals surface area (Å²) in [4.78, 5) is 15.0. The highest BCUT2D eigenvalue weighted by Gasteiger charge is 2.44. The Morgan fingerprint density at radius 1 is 1.16 bits per heavy atom. The van der Waals surface area contributed by atoms with Gasteiger partial charge in [-0.1, -0.05) is 0 Å². The first-order valence-corrected chi connectivity index (χ1v) is 12.8. The fraction of sp³-hybridized carbons (Fsp3) is 0.708. The number of thioether (sulfide) groups is 1. The second kappa shape index (κ2) is 8.83. The van der Waals surface area contributed by atoms with Crippen molar-refractivity contribution in [3.63, 3.8) is 0 Å². The van der Waals surface area contributed by atoms with Crippen LogP contribution in [0.15, 0.2) is 18.2 Å². The number of hydrogen-bond donors (Lipinski definition) is 0. The molecule has 1 amide bonds. The molecule has 2 spiro atoms. The molecule has 0 aromatic heterocycles. The third kappa shape index (κ3) is 4.41. The topological polar surface area (TPSA) is 57.2 Å². The zero-order valence-electron chi connectivity index (χ0n) is 18.4. The molecule has 4 aliphatic rings. The van der Waals surface area contributed by atoms with Crippen LogP contribution in [0, 0.1) is 0 Å². The minimum atomic E-state index is -0.436. The molecule has 31 heavy (non-hydrogen) atoms. The van der Waals surface area contributed by atoms with Crippen molar-refractivity contribution >= 4 is 17.7 Å². The van der Waals surface area contributed by atoms with Crippen molar-refractivity contribution in [1.29, 1.82) is 0 Å². The molecule has 0 radical (unpaired) electrons. The predicted octanol–water partition coefficient (Wildman–Crippen LogP) is 4.32. The van der Waals surface area contributed by atoms with Gasteiger partial charge in [-0.25, -0.2) is 0 Å². The average molecular weight is 448 g/mol. The molecule has 5 rings (SSSR count). The average Bonchev–Trinajstić information content (AvgIpc) is 3.43. The molecule has 1 atom stereocenters. The summed E-state index contributed by atoms with van der Waals surface area (Å²) in [5, 5.41) is 0.254. The third-order valence-electron chi connectivity index (χ3n) is 7.14. The Balaban J connectivity index is 1.25. The van der Waals surface area contributed by atoms with E-state index in [9.17, 15) is 4.79 Å². The highest BCUT2D eigenvalue weighted by molar-refractivity contribution is 8.00. The number of nitrogens with zero attached hydrogens (tertiary/aromatic N) is 1. The molecule has 2 saturated heterocycles. The van der Waals surface area contributed by atoms with E-state index in [4.69, 9.17) is 18.9 Å². The van der Waals surface area contributed by atoms with Crippen molar-refractivity contribution in [2.45, 2.75) is 68.5 Å². The molecule has 1 saturated carbocycles. The van der Waals surface area contributed by atoms with Crippen molar-refractivity contribution in [3.05, 3.63) is 23.8 Å². The number of carbonyl (C=O) groups excluding carboxylic acids is 1. The molecule has 1 aliphatic carbocycles. The van der Waals surface area contributed by atoms with E-state index in [2.05, 4.69) is 12.1 Å². The van der Waals surface area contributed by atoms with E-state index in [1.54, 1.807) is 11.8 Å². The summed E-state index contributed by atoms with van der Waals surface area (Å²) in [5.74, 6) is 2.12. The Labute approximate surface area is 188 Å². The maximum Gasteiger partial charge on any atom is 0.232 e. The summed E-state index contributed by atoms with van der Waals surface area (Å²) in [6.07, 6.45) is 7.18. The number of piperidine rings is 1. The summed E-state index contributed by atoms with van der Waals surface area (Å²) in [6.45, 7) is 5.39. The van der Waals surface area contributed by atoms with Crippen molar-refractivity contribution < 1.29 is 23.7 Å². The molecular formula is C24H33NO5S. The van der Waals surface area contributed by atoms with Crippen LogP contribution >= 0.6 is 11.8 Å². The van der Waals surface area contributed by atoms with Gasteiger partial charge in [0, 0.05) is 43.2 Å². The number of benzene rings is 1. The quantitative estimate of drug-likeness (QED) is 0.670. The van der Waals surface area contributed by atoms with Crippen molar-refractivity contribution in [3.8, 4) is 11.5 Å². The summed E-state index contributed by atoms with van der Waals surface area (Å²) >= 11 is 1.76. The van der Waals surface area contributed by atoms with Crippen molar-refractivity contribution in [1.82, 2.24) is 4.90 Å². The molecule has 170 valence electrons. The highest BCUT2D eigenvalue weighted by atomic mass is 32.2. The first-order valence-electron chi connectivity index (χ1n) is 11.7. The molecule has 1 aromatic carbocycles. The van der Waals surface area contributed by atoms with E-state index in [1.807, 2.05) is 17.9 Å². The zero-order valence-corrected chi connectivity index (χ0v) is 19.2. The fourth-order valence-electron chi connectivity index (χ4n) is 5.47. The van der Waals surface area contributed by atoms with E-state index in [-0.39, 0.29) is 16.8 Å². The Morgan fingerprint density at radius 3 is 2.61 bits per heavy atom. The van der Waals surface area contributed by atoms with E-state index < -0.39 is 5.79 Å². The van der Waals surface area contributed by atoms with E-state index in [1.165, 1.54) is 18.4 Å². The normalized spacial score (nSPS) is 26.1. The van der Waals surface area contributed by atoms with Gasteiger partial charge in [-0.05, 0) is 50.8 Å². The van der Waals surface area contributed by atoms with Crippen LogP contribution in [-0.2, 0) is 14.3 Å². The van der Waals surface area contributed by atoms with Gasteiger partial charge in [0.05, 0.1) is 25.6 Å². The van der Waals surface area contributed by atoms with Gasteiger partial charge in [0.2, 0.25) is 5.91 Å². The van der Waals surface area contributed by atoms with Crippen LogP contribution in [0.5, 0.6) is 11.5 Å². The SMILES string of the molecule is CCOc1ccc2c(c1)[C@@H](SCC(=O)N1CCC3(CC1)OCCO3)CC1(CCCC1)O2. The second-order valence-electron chi connectivity index (χ2n) is 9.12.